The van der Waals surface area contributed by atoms with Crippen molar-refractivity contribution in [3.8, 4) is 29.0 Å². The number of benzene rings is 1. The van der Waals surface area contributed by atoms with Crippen LogP contribution in [0.15, 0.2) is 30.6 Å². The molecule has 256 valence electrons. The van der Waals surface area contributed by atoms with Crippen LogP contribution in [-0.2, 0) is 23.3 Å². The molecule has 47 heavy (non-hydrogen) atoms. The molecule has 0 unspecified atom stereocenters. The van der Waals surface area contributed by atoms with Gasteiger partial charge >= 0.3 is 39.6 Å². The standard InChI is InChI=1S/C23H13ClF12N6O4S/c1-40-17(42-8-11(7-38-42)10-2-5-14(24)13(6-10)18(43)41(9-37)12-3-4-12)15(19(25,26)27)16(39-40)46-47(44,45)23(35,36)21(30,31)20(28,29)22(32,33)34/h2,5-8,12H,3-4H2,1H3. The quantitative estimate of drug-likeness (QED) is 0.112. The average molecular weight is 733 g/mol. The fourth-order valence-electron chi connectivity index (χ4n) is 3.95. The summed E-state index contributed by atoms with van der Waals surface area (Å²) in [6.45, 7) is 0. The van der Waals surface area contributed by atoms with Gasteiger partial charge in [0.05, 0.1) is 16.8 Å². The van der Waals surface area contributed by atoms with E-state index in [0.717, 1.165) is 23.4 Å². The van der Waals surface area contributed by atoms with E-state index >= 15 is 0 Å². The minimum absolute atomic E-state index is 0.0555. The summed E-state index contributed by atoms with van der Waals surface area (Å²) in [5, 5.41) is 8.22. The maximum absolute atomic E-state index is 14.1. The third-order valence-electron chi connectivity index (χ3n) is 6.46. The first-order valence-electron chi connectivity index (χ1n) is 12.2. The number of halogens is 13. The van der Waals surface area contributed by atoms with Gasteiger partial charge in [-0.2, -0.15) is 71.5 Å². The maximum atomic E-state index is 14.1. The Labute approximate surface area is 258 Å². The lowest BCUT2D eigenvalue weighted by Gasteiger charge is -2.32. The van der Waals surface area contributed by atoms with Gasteiger partial charge in [-0.25, -0.2) is 14.3 Å². The van der Waals surface area contributed by atoms with Crippen molar-refractivity contribution in [3.05, 3.63) is 46.7 Å². The number of nitrogens with zero attached hydrogens (tertiary/aromatic N) is 6. The largest absolute Gasteiger partial charge is 0.460 e. The number of aromatic nitrogens is 4. The van der Waals surface area contributed by atoms with Crippen molar-refractivity contribution in [1.82, 2.24) is 24.5 Å². The monoisotopic (exact) mass is 732 g/mol. The Bertz CT molecular complexity index is 1880. The number of carbonyl (C=O) groups excluding carboxylic acids is 1. The molecular formula is C23H13ClF12N6O4S. The third kappa shape index (κ3) is 5.92. The summed E-state index contributed by atoms with van der Waals surface area (Å²) in [6.07, 6.45) is -8.82. The van der Waals surface area contributed by atoms with Gasteiger partial charge in [0, 0.05) is 24.8 Å². The third-order valence-corrected chi connectivity index (χ3v) is 8.05. The van der Waals surface area contributed by atoms with Crippen LogP contribution in [0.25, 0.3) is 16.9 Å². The molecule has 0 atom stereocenters. The van der Waals surface area contributed by atoms with Crippen LogP contribution < -0.4 is 4.18 Å². The molecule has 1 aliphatic rings. The normalized spacial score (nSPS) is 15.0. The lowest BCUT2D eigenvalue weighted by Crippen LogP contribution is -2.63. The van der Waals surface area contributed by atoms with Crippen LogP contribution in [0.5, 0.6) is 5.88 Å². The fourth-order valence-corrected chi connectivity index (χ4v) is 5.02. The van der Waals surface area contributed by atoms with Gasteiger partial charge in [-0.3, -0.25) is 4.79 Å². The minimum Gasteiger partial charge on any atom is -0.355 e. The highest BCUT2D eigenvalue weighted by Crippen LogP contribution is 2.55. The fraction of sp³-hybridized carbons (Fsp3) is 0.391. The Morgan fingerprint density at radius 2 is 1.62 bits per heavy atom. The summed E-state index contributed by atoms with van der Waals surface area (Å²) >= 11 is 6.09. The smallest absolute Gasteiger partial charge is 0.355 e. The summed E-state index contributed by atoms with van der Waals surface area (Å²) < 4.78 is 189. The van der Waals surface area contributed by atoms with E-state index in [1.54, 1.807) is 6.19 Å². The molecule has 24 heteroatoms. The second kappa shape index (κ2) is 11.2. The Morgan fingerprint density at radius 3 is 2.13 bits per heavy atom. The molecular weight excluding hydrogens is 720 g/mol. The van der Waals surface area contributed by atoms with Gasteiger partial charge in [0.15, 0.2) is 17.6 Å². The zero-order valence-corrected chi connectivity index (χ0v) is 24.1. The maximum Gasteiger partial charge on any atom is 0.460 e. The SMILES string of the molecule is Cn1nc(OS(=O)(=O)C(F)(F)C(F)(F)C(F)(F)C(F)(F)F)c(C(F)(F)F)c1-n1cc(-c2ccc(Cl)c(C(=O)N(C#N)C3CC3)c2)cn1. The van der Waals surface area contributed by atoms with Crippen molar-refractivity contribution >= 4 is 27.6 Å². The van der Waals surface area contributed by atoms with E-state index in [9.17, 15) is 71.2 Å². The highest BCUT2D eigenvalue weighted by molar-refractivity contribution is 7.88. The predicted molar refractivity (Wildman–Crippen MR) is 131 cm³/mol. The molecule has 0 aliphatic heterocycles. The predicted octanol–water partition coefficient (Wildman–Crippen LogP) is 6.16. The van der Waals surface area contributed by atoms with Crippen LogP contribution in [0, 0.1) is 11.5 Å². The van der Waals surface area contributed by atoms with Crippen molar-refractivity contribution in [2.24, 2.45) is 7.05 Å². The molecule has 2 heterocycles. The van der Waals surface area contributed by atoms with Gasteiger partial charge in [-0.15, -0.1) is 5.10 Å². The number of aryl methyl sites for hydroxylation is 1. The van der Waals surface area contributed by atoms with Crippen molar-refractivity contribution in [2.75, 3.05) is 0 Å². The summed E-state index contributed by atoms with van der Waals surface area (Å²) in [6, 6.07) is 3.24. The van der Waals surface area contributed by atoms with Crippen molar-refractivity contribution in [3.63, 3.8) is 0 Å². The molecule has 1 aliphatic carbocycles. The average Bonchev–Trinajstić information content (AvgIpc) is 3.54. The van der Waals surface area contributed by atoms with Crippen LogP contribution in [0.3, 0.4) is 0 Å². The van der Waals surface area contributed by atoms with Gasteiger partial charge in [0.1, 0.15) is 0 Å². The Hall–Kier alpha value is -4.20. The molecule has 1 aromatic carbocycles. The number of nitriles is 1. The van der Waals surface area contributed by atoms with Gasteiger partial charge in [-0.1, -0.05) is 17.7 Å². The topological polar surface area (TPSA) is 123 Å². The van der Waals surface area contributed by atoms with Crippen LogP contribution in [0.2, 0.25) is 5.02 Å². The van der Waals surface area contributed by atoms with E-state index < -0.39 is 62.7 Å². The Balaban J connectivity index is 1.76. The van der Waals surface area contributed by atoms with E-state index in [0.29, 0.717) is 24.6 Å². The highest BCUT2D eigenvalue weighted by Gasteiger charge is 2.86. The van der Waals surface area contributed by atoms with Crippen LogP contribution in [0.4, 0.5) is 52.7 Å². The van der Waals surface area contributed by atoms with E-state index in [4.69, 9.17) is 11.6 Å². The summed E-state index contributed by atoms with van der Waals surface area (Å²) in [5.41, 5.74) is -2.65. The number of hydrogen-bond acceptors (Lipinski definition) is 7. The zero-order chi connectivity index (χ0) is 35.7. The number of alkyl halides is 12. The van der Waals surface area contributed by atoms with Gasteiger partial charge < -0.3 is 4.18 Å². The van der Waals surface area contributed by atoms with E-state index in [-0.39, 0.29) is 32.4 Å². The summed E-state index contributed by atoms with van der Waals surface area (Å²) in [4.78, 5) is 13.7. The minimum atomic E-state index is -7.79. The molecule has 0 saturated heterocycles. The van der Waals surface area contributed by atoms with Crippen LogP contribution in [-0.4, -0.2) is 68.1 Å². The second-order valence-electron chi connectivity index (χ2n) is 9.70. The molecule has 0 N–H and O–H groups in total. The molecule has 1 saturated carbocycles. The molecule has 3 aromatic rings. The number of amides is 1. The number of hydrogen-bond donors (Lipinski definition) is 0. The van der Waals surface area contributed by atoms with Gasteiger partial charge in [-0.05, 0) is 30.5 Å². The lowest BCUT2D eigenvalue weighted by molar-refractivity contribution is -0.382. The molecule has 1 fully saturated rings. The van der Waals surface area contributed by atoms with Crippen molar-refractivity contribution in [1.29, 1.82) is 5.26 Å². The summed E-state index contributed by atoms with van der Waals surface area (Å²) in [5.74, 6) is -20.1. The van der Waals surface area contributed by atoms with E-state index in [1.807, 2.05) is 0 Å². The molecule has 10 nitrogen and oxygen atoms in total. The lowest BCUT2D eigenvalue weighted by atomic mass is 10.1. The zero-order valence-electron chi connectivity index (χ0n) is 22.5. The Kier molecular flexibility index (Phi) is 8.50. The second-order valence-corrected chi connectivity index (χ2v) is 11.7. The first-order valence-corrected chi connectivity index (χ1v) is 14.0. The number of rotatable bonds is 9. The molecule has 0 bridgehead atoms. The molecule has 0 radical (unpaired) electrons. The van der Waals surface area contributed by atoms with E-state index in [1.165, 1.54) is 12.1 Å². The molecule has 4 rings (SSSR count). The molecule has 0 spiro atoms. The first-order chi connectivity index (χ1) is 21.3. The van der Waals surface area contributed by atoms with Crippen LogP contribution >= 0.6 is 11.6 Å². The van der Waals surface area contributed by atoms with Crippen molar-refractivity contribution in [2.45, 2.75) is 48.3 Å². The first kappa shape index (κ1) is 35.7. The highest BCUT2D eigenvalue weighted by atomic mass is 35.5. The number of carbonyl (C=O) groups is 1. The Morgan fingerprint density at radius 1 is 1.02 bits per heavy atom. The molecule has 1 amide bonds. The van der Waals surface area contributed by atoms with E-state index in [2.05, 4.69) is 14.4 Å². The van der Waals surface area contributed by atoms with Crippen LogP contribution in [0.1, 0.15) is 28.8 Å². The van der Waals surface area contributed by atoms with Crippen molar-refractivity contribution < 1.29 is 70.1 Å². The van der Waals surface area contributed by atoms with Gasteiger partial charge in [0.2, 0.25) is 0 Å². The summed E-state index contributed by atoms with van der Waals surface area (Å²) in [7, 11) is -7.17. The van der Waals surface area contributed by atoms with Gasteiger partial charge in [0.25, 0.3) is 11.8 Å². The molecule has 2 aromatic heterocycles.